The molecule has 0 saturated heterocycles. The Labute approximate surface area is 116 Å². The third kappa shape index (κ3) is 2.33. The van der Waals surface area contributed by atoms with Crippen molar-refractivity contribution in [2.75, 3.05) is 4.72 Å². The van der Waals surface area contributed by atoms with Crippen molar-refractivity contribution in [2.24, 2.45) is 0 Å². The lowest BCUT2D eigenvalue weighted by atomic mass is 10.2. The molecule has 2 aromatic heterocycles. The van der Waals surface area contributed by atoms with E-state index < -0.39 is 10.0 Å². The van der Waals surface area contributed by atoms with Crippen LogP contribution < -0.4 is 4.72 Å². The van der Waals surface area contributed by atoms with Crippen molar-refractivity contribution in [3.63, 3.8) is 0 Å². The van der Waals surface area contributed by atoms with Gasteiger partial charge in [0.25, 0.3) is 10.0 Å². The molecule has 0 amide bonds. The molecule has 0 fully saturated rings. The maximum atomic E-state index is 12.2. The predicted molar refractivity (Wildman–Crippen MR) is 76.8 cm³/mol. The molecule has 1 N–H and O–H groups in total. The van der Waals surface area contributed by atoms with E-state index in [0.29, 0.717) is 11.2 Å². The quantitative estimate of drug-likeness (QED) is 0.802. The molecule has 0 unspecified atom stereocenters. The van der Waals surface area contributed by atoms with E-state index >= 15 is 0 Å². The van der Waals surface area contributed by atoms with Gasteiger partial charge in [-0.2, -0.15) is 8.42 Å². The molecule has 0 aliphatic carbocycles. The van der Waals surface area contributed by atoms with E-state index in [2.05, 4.69) is 14.7 Å². The van der Waals surface area contributed by atoms with Gasteiger partial charge in [-0.1, -0.05) is 24.3 Å². The van der Waals surface area contributed by atoms with Crippen LogP contribution in [0.1, 0.15) is 0 Å². The molecule has 0 spiro atoms. The van der Waals surface area contributed by atoms with Gasteiger partial charge in [-0.25, -0.2) is 4.98 Å². The molecule has 6 heteroatoms. The summed E-state index contributed by atoms with van der Waals surface area (Å²) in [5.74, 6) is 0. The van der Waals surface area contributed by atoms with Crippen molar-refractivity contribution in [3.8, 4) is 0 Å². The molecular weight excluding hydrogens is 274 g/mol. The molecule has 100 valence electrons. The van der Waals surface area contributed by atoms with Gasteiger partial charge in [0.1, 0.15) is 0 Å². The van der Waals surface area contributed by atoms with Crippen molar-refractivity contribution < 1.29 is 8.42 Å². The Kier molecular flexibility index (Phi) is 3.08. The van der Waals surface area contributed by atoms with Crippen molar-refractivity contribution in [3.05, 3.63) is 60.9 Å². The van der Waals surface area contributed by atoms with Crippen molar-refractivity contribution in [1.29, 1.82) is 0 Å². The average Bonchev–Trinajstić information content (AvgIpc) is 2.48. The Bertz CT molecular complexity index is 843. The summed E-state index contributed by atoms with van der Waals surface area (Å²) in [6.07, 6.45) is 3.07. The number of rotatable bonds is 3. The second kappa shape index (κ2) is 4.90. The number of nitrogens with zero attached hydrogens (tertiary/aromatic N) is 2. The van der Waals surface area contributed by atoms with Gasteiger partial charge in [0.15, 0.2) is 5.03 Å². The molecule has 5 nitrogen and oxygen atoms in total. The van der Waals surface area contributed by atoms with Crippen molar-refractivity contribution >= 4 is 26.6 Å². The van der Waals surface area contributed by atoms with Gasteiger partial charge in [0, 0.05) is 17.8 Å². The number of anilines is 1. The van der Waals surface area contributed by atoms with E-state index in [-0.39, 0.29) is 5.03 Å². The largest absolute Gasteiger partial charge is 0.279 e. The van der Waals surface area contributed by atoms with Gasteiger partial charge in [0.05, 0.1) is 11.2 Å². The fraction of sp³-hybridized carbons (Fsp3) is 0. The first-order valence-corrected chi connectivity index (χ1v) is 7.43. The zero-order valence-corrected chi connectivity index (χ0v) is 11.2. The highest BCUT2D eigenvalue weighted by Crippen LogP contribution is 2.23. The summed E-state index contributed by atoms with van der Waals surface area (Å²) < 4.78 is 27.0. The molecular formula is C14H11N3O2S. The van der Waals surface area contributed by atoms with E-state index in [1.807, 2.05) is 12.1 Å². The normalized spacial score (nSPS) is 11.4. The molecule has 1 aromatic carbocycles. The van der Waals surface area contributed by atoms with Crippen LogP contribution in [-0.4, -0.2) is 18.4 Å². The zero-order valence-electron chi connectivity index (χ0n) is 10.4. The Balaban J connectivity index is 2.06. The highest BCUT2D eigenvalue weighted by Gasteiger charge is 2.16. The lowest BCUT2D eigenvalue weighted by Gasteiger charge is -2.09. The fourth-order valence-electron chi connectivity index (χ4n) is 1.89. The van der Waals surface area contributed by atoms with Gasteiger partial charge >= 0.3 is 0 Å². The van der Waals surface area contributed by atoms with Gasteiger partial charge in [-0.05, 0) is 24.3 Å². The molecule has 0 radical (unpaired) electrons. The highest BCUT2D eigenvalue weighted by molar-refractivity contribution is 7.92. The summed E-state index contributed by atoms with van der Waals surface area (Å²) in [7, 11) is -3.71. The third-order valence-corrected chi connectivity index (χ3v) is 4.07. The van der Waals surface area contributed by atoms with E-state index in [0.717, 1.165) is 5.39 Å². The minimum Gasteiger partial charge on any atom is -0.276 e. The van der Waals surface area contributed by atoms with E-state index in [4.69, 9.17) is 0 Å². The minimum atomic E-state index is -3.71. The van der Waals surface area contributed by atoms with Crippen LogP contribution in [0.3, 0.4) is 0 Å². The predicted octanol–water partition coefficient (Wildman–Crippen LogP) is 2.43. The van der Waals surface area contributed by atoms with Gasteiger partial charge in [-0.3, -0.25) is 9.71 Å². The summed E-state index contributed by atoms with van der Waals surface area (Å²) in [6.45, 7) is 0. The van der Waals surface area contributed by atoms with E-state index in [1.165, 1.54) is 12.3 Å². The first-order chi connectivity index (χ1) is 9.67. The summed E-state index contributed by atoms with van der Waals surface area (Å²) >= 11 is 0. The number of sulfonamides is 1. The summed E-state index contributed by atoms with van der Waals surface area (Å²) in [6, 6.07) is 13.7. The Morgan fingerprint density at radius 1 is 0.850 bits per heavy atom. The second-order valence-electron chi connectivity index (χ2n) is 4.15. The monoisotopic (exact) mass is 285 g/mol. The maximum Gasteiger partial charge on any atom is 0.279 e. The molecule has 0 saturated carbocycles. The van der Waals surface area contributed by atoms with Crippen LogP contribution >= 0.6 is 0 Å². The first-order valence-electron chi connectivity index (χ1n) is 5.94. The average molecular weight is 285 g/mol. The standard InChI is InChI=1S/C14H11N3O2S/c18-20(19,13-8-1-2-9-15-13)17-12-7-3-5-11-6-4-10-16-14(11)12/h1-10,17H. The van der Waals surface area contributed by atoms with Gasteiger partial charge < -0.3 is 0 Å². The number of hydrogen-bond acceptors (Lipinski definition) is 4. The van der Waals surface area contributed by atoms with Crippen LogP contribution in [0.25, 0.3) is 10.9 Å². The Morgan fingerprint density at radius 3 is 2.45 bits per heavy atom. The fourth-order valence-corrected chi connectivity index (χ4v) is 2.91. The molecule has 3 rings (SSSR count). The second-order valence-corrected chi connectivity index (χ2v) is 5.78. The number of benzene rings is 1. The Hall–Kier alpha value is -2.47. The Morgan fingerprint density at radius 2 is 1.65 bits per heavy atom. The lowest BCUT2D eigenvalue weighted by Crippen LogP contribution is -2.14. The molecule has 0 aliphatic heterocycles. The molecule has 0 aliphatic rings. The zero-order chi connectivity index (χ0) is 14.0. The van der Waals surface area contributed by atoms with Crippen LogP contribution in [0.5, 0.6) is 0 Å². The van der Waals surface area contributed by atoms with Crippen LogP contribution in [0.2, 0.25) is 0 Å². The van der Waals surface area contributed by atoms with Gasteiger partial charge in [-0.15, -0.1) is 0 Å². The van der Waals surface area contributed by atoms with Crippen LogP contribution in [0.15, 0.2) is 66.0 Å². The number of aromatic nitrogens is 2. The molecule has 0 atom stereocenters. The highest BCUT2D eigenvalue weighted by atomic mass is 32.2. The van der Waals surface area contributed by atoms with Crippen LogP contribution in [0.4, 0.5) is 5.69 Å². The van der Waals surface area contributed by atoms with E-state index in [9.17, 15) is 8.42 Å². The molecule has 3 aromatic rings. The molecule has 0 bridgehead atoms. The smallest absolute Gasteiger partial charge is 0.276 e. The van der Waals surface area contributed by atoms with Crippen LogP contribution in [-0.2, 0) is 10.0 Å². The number of pyridine rings is 2. The van der Waals surface area contributed by atoms with E-state index in [1.54, 1.807) is 36.5 Å². The van der Waals surface area contributed by atoms with Crippen molar-refractivity contribution in [1.82, 2.24) is 9.97 Å². The number of fused-ring (bicyclic) bond motifs is 1. The van der Waals surface area contributed by atoms with Crippen LogP contribution in [0, 0.1) is 0 Å². The summed E-state index contributed by atoms with van der Waals surface area (Å²) in [5, 5.41) is 0.849. The number of hydrogen-bond donors (Lipinski definition) is 1. The third-order valence-electron chi connectivity index (χ3n) is 2.79. The number of nitrogens with one attached hydrogen (secondary N) is 1. The minimum absolute atomic E-state index is 0.0204. The topological polar surface area (TPSA) is 72.0 Å². The van der Waals surface area contributed by atoms with Gasteiger partial charge in [0.2, 0.25) is 0 Å². The molecule has 20 heavy (non-hydrogen) atoms. The van der Waals surface area contributed by atoms with Crippen molar-refractivity contribution in [2.45, 2.75) is 5.03 Å². The molecule has 2 heterocycles. The number of para-hydroxylation sites is 1. The summed E-state index contributed by atoms with van der Waals surface area (Å²) in [4.78, 5) is 8.07. The SMILES string of the molecule is O=S(=O)(Nc1cccc2cccnc12)c1ccccn1. The maximum absolute atomic E-state index is 12.2. The summed E-state index contributed by atoms with van der Waals surface area (Å²) in [5.41, 5.74) is 1.04. The first kappa shape index (κ1) is 12.6. The lowest BCUT2D eigenvalue weighted by molar-refractivity contribution is 0.597.